The first kappa shape index (κ1) is 26.3. The van der Waals surface area contributed by atoms with E-state index < -0.39 is 37.5 Å². The van der Waals surface area contributed by atoms with Gasteiger partial charge in [-0.25, -0.2) is 16.8 Å². The van der Waals surface area contributed by atoms with E-state index >= 15 is 0 Å². The van der Waals surface area contributed by atoms with Crippen molar-refractivity contribution < 1.29 is 40.5 Å². The van der Waals surface area contributed by atoms with Crippen LogP contribution >= 0.6 is 0 Å². The first-order valence-electron chi connectivity index (χ1n) is 9.71. The lowest BCUT2D eigenvalue weighted by atomic mass is 9.77. The van der Waals surface area contributed by atoms with Gasteiger partial charge < -0.3 is 14.0 Å². The van der Waals surface area contributed by atoms with Crippen LogP contribution in [0.15, 0.2) is 59.5 Å². The van der Waals surface area contributed by atoms with Crippen LogP contribution in [0.3, 0.4) is 0 Å². The molecule has 0 saturated heterocycles. The molecule has 2 aromatic rings. The molecule has 0 amide bonds. The minimum atomic E-state index is -4.71. The minimum Gasteiger partial charge on any atom is -0.731 e. The molecule has 33 heavy (non-hydrogen) atoms. The predicted octanol–water partition coefficient (Wildman–Crippen LogP) is 1.69. The van der Waals surface area contributed by atoms with E-state index in [4.69, 9.17) is 9.47 Å². The summed E-state index contributed by atoms with van der Waals surface area (Å²) in [4.78, 5) is 25.6. The fraction of sp³-hybridized carbons (Fsp3) is 0.333. The summed E-state index contributed by atoms with van der Waals surface area (Å²) in [7, 11) is -6.15. The number of ether oxygens (including phenoxy) is 2. The number of nitrogens with one attached hydrogen (secondary N) is 1. The van der Waals surface area contributed by atoms with E-state index in [1.165, 1.54) is 36.4 Å². The number of carbonyl (C=O) groups excluding carboxylic acids is 2. The number of sulfone groups is 1. The van der Waals surface area contributed by atoms with Crippen molar-refractivity contribution in [1.29, 1.82) is 0 Å². The second kappa shape index (κ2) is 10.8. The Hall–Kier alpha value is -2.96. The van der Waals surface area contributed by atoms with Crippen LogP contribution in [0.1, 0.15) is 18.4 Å². The van der Waals surface area contributed by atoms with Crippen molar-refractivity contribution in [2.45, 2.75) is 24.2 Å². The maximum atomic E-state index is 12.7. The largest absolute Gasteiger partial charge is 0.731 e. The summed E-state index contributed by atoms with van der Waals surface area (Å²) in [5.74, 6) is -2.09. The van der Waals surface area contributed by atoms with E-state index in [2.05, 4.69) is 0 Å². The lowest BCUT2D eigenvalue weighted by Gasteiger charge is -2.28. The van der Waals surface area contributed by atoms with Crippen LogP contribution in [0.4, 0.5) is 5.69 Å². The third kappa shape index (κ3) is 7.01. The molecule has 0 heterocycles. The fourth-order valence-electron chi connectivity index (χ4n) is 3.40. The Balaban J connectivity index is 2.29. The summed E-state index contributed by atoms with van der Waals surface area (Å²) >= 11 is 0. The quantitative estimate of drug-likeness (QED) is 0.277. The van der Waals surface area contributed by atoms with Gasteiger partial charge in [-0.2, -0.15) is 0 Å². The Bertz CT molecular complexity index is 1160. The van der Waals surface area contributed by atoms with Crippen molar-refractivity contribution in [3.05, 3.63) is 60.2 Å². The number of rotatable bonds is 11. The van der Waals surface area contributed by atoms with Gasteiger partial charge in [0.25, 0.3) is 0 Å². The van der Waals surface area contributed by atoms with Gasteiger partial charge in [-0.15, -0.1) is 0 Å². The number of esters is 2. The molecule has 0 atom stereocenters. The van der Waals surface area contributed by atoms with Gasteiger partial charge in [0.15, 0.2) is 25.6 Å². The molecule has 0 aliphatic carbocycles. The fourth-order valence-corrected chi connectivity index (χ4v) is 5.16. The highest BCUT2D eigenvalue weighted by atomic mass is 32.2. The van der Waals surface area contributed by atoms with Gasteiger partial charge in [-0.05, 0) is 49.1 Å². The van der Waals surface area contributed by atoms with E-state index in [0.29, 0.717) is 5.56 Å². The molecule has 0 spiro atoms. The standard InChI is InChI=1S/C21H25NO9S2/c1-30-19(23)21(20(24)31-2,13-6-14-32(25,26)18-7-4-3-5-8-18)15-16-9-11-17(12-10-16)22-33(27,28)29/h3-5,7-12,22H,6,13-15H2,1-2H3,(H,27,28,29)/p-1. The highest BCUT2D eigenvalue weighted by Gasteiger charge is 2.48. The highest BCUT2D eigenvalue weighted by molar-refractivity contribution is 7.91. The van der Waals surface area contributed by atoms with Gasteiger partial charge >= 0.3 is 11.9 Å². The predicted molar refractivity (Wildman–Crippen MR) is 118 cm³/mol. The van der Waals surface area contributed by atoms with Gasteiger partial charge in [0.05, 0.1) is 24.9 Å². The third-order valence-corrected chi connectivity index (χ3v) is 7.28. The Morgan fingerprint density at radius 1 is 0.909 bits per heavy atom. The van der Waals surface area contributed by atoms with Crippen molar-refractivity contribution in [3.8, 4) is 0 Å². The summed E-state index contributed by atoms with van der Waals surface area (Å²) in [5.41, 5.74) is -1.38. The van der Waals surface area contributed by atoms with Crippen molar-refractivity contribution in [2.24, 2.45) is 5.41 Å². The lowest BCUT2D eigenvalue weighted by molar-refractivity contribution is -0.169. The molecule has 0 aliphatic heterocycles. The van der Waals surface area contributed by atoms with Crippen molar-refractivity contribution in [1.82, 2.24) is 0 Å². The molecular weight excluding hydrogens is 474 g/mol. The molecule has 0 aliphatic rings. The first-order chi connectivity index (χ1) is 15.4. The first-order valence-corrected chi connectivity index (χ1v) is 12.8. The zero-order chi connectivity index (χ0) is 24.7. The van der Waals surface area contributed by atoms with Crippen LogP contribution in [-0.2, 0) is 45.6 Å². The normalized spacial score (nSPS) is 12.1. The number of hydrogen-bond acceptors (Lipinski definition) is 9. The Morgan fingerprint density at radius 2 is 1.45 bits per heavy atom. The van der Waals surface area contributed by atoms with Gasteiger partial charge in [0, 0.05) is 5.69 Å². The summed E-state index contributed by atoms with van der Waals surface area (Å²) in [6, 6.07) is 13.2. The number of benzene rings is 2. The van der Waals surface area contributed by atoms with Crippen LogP contribution in [0.25, 0.3) is 0 Å². The molecule has 10 nitrogen and oxygen atoms in total. The molecule has 0 unspecified atom stereocenters. The number of anilines is 1. The second-order valence-electron chi connectivity index (χ2n) is 7.23. The maximum Gasteiger partial charge on any atom is 0.323 e. The molecule has 0 aromatic heterocycles. The van der Waals surface area contributed by atoms with Crippen molar-refractivity contribution >= 4 is 37.8 Å². The van der Waals surface area contributed by atoms with E-state index in [1.54, 1.807) is 22.9 Å². The maximum absolute atomic E-state index is 12.7. The van der Waals surface area contributed by atoms with Crippen molar-refractivity contribution in [2.75, 3.05) is 24.7 Å². The topological polar surface area (TPSA) is 156 Å². The van der Waals surface area contributed by atoms with Gasteiger partial charge in [-0.1, -0.05) is 30.3 Å². The third-order valence-electron chi connectivity index (χ3n) is 4.97. The van der Waals surface area contributed by atoms with E-state index in [9.17, 15) is 31.0 Å². The Morgan fingerprint density at radius 3 is 1.94 bits per heavy atom. The van der Waals surface area contributed by atoms with Crippen LogP contribution in [0.5, 0.6) is 0 Å². The van der Waals surface area contributed by atoms with E-state index in [1.807, 2.05) is 0 Å². The minimum absolute atomic E-state index is 0.00411. The zero-order valence-corrected chi connectivity index (χ0v) is 19.6. The zero-order valence-electron chi connectivity index (χ0n) is 18.0. The molecule has 180 valence electrons. The van der Waals surface area contributed by atoms with Crippen LogP contribution in [0, 0.1) is 5.41 Å². The molecule has 0 bridgehead atoms. The van der Waals surface area contributed by atoms with Gasteiger partial charge in [-0.3, -0.25) is 14.3 Å². The second-order valence-corrected chi connectivity index (χ2v) is 10.5. The summed E-state index contributed by atoms with van der Waals surface area (Å²) in [5, 5.41) is 0. The number of carbonyl (C=O) groups is 2. The molecule has 2 aromatic carbocycles. The molecule has 0 radical (unpaired) electrons. The number of methoxy groups -OCH3 is 2. The average Bonchev–Trinajstić information content (AvgIpc) is 2.78. The Kier molecular flexibility index (Phi) is 8.58. The Labute approximate surface area is 192 Å². The SMILES string of the molecule is COC(=O)C(CCCS(=O)(=O)c1ccccc1)(Cc1ccc(NS(=O)(=O)[O-])cc1)C(=O)OC. The molecule has 0 saturated carbocycles. The van der Waals surface area contributed by atoms with Crippen LogP contribution < -0.4 is 4.72 Å². The molecule has 0 fully saturated rings. The summed E-state index contributed by atoms with van der Waals surface area (Å²) < 4.78 is 69.2. The van der Waals surface area contributed by atoms with Gasteiger partial charge in [0.1, 0.15) is 0 Å². The highest BCUT2D eigenvalue weighted by Crippen LogP contribution is 2.33. The average molecular weight is 499 g/mol. The molecule has 2 rings (SSSR count). The lowest BCUT2D eigenvalue weighted by Crippen LogP contribution is -2.43. The summed E-state index contributed by atoms with van der Waals surface area (Å²) in [6.07, 6.45) is -0.398. The van der Waals surface area contributed by atoms with Crippen molar-refractivity contribution in [3.63, 3.8) is 0 Å². The molecular formula is C21H24NO9S2-. The summed E-state index contributed by atoms with van der Waals surface area (Å²) in [6.45, 7) is 0. The smallest absolute Gasteiger partial charge is 0.323 e. The van der Waals surface area contributed by atoms with Crippen LogP contribution in [-0.4, -0.2) is 53.3 Å². The van der Waals surface area contributed by atoms with E-state index in [-0.39, 0.29) is 35.6 Å². The molecule has 1 N–H and O–H groups in total. The van der Waals surface area contributed by atoms with E-state index in [0.717, 1.165) is 14.2 Å². The van der Waals surface area contributed by atoms with Crippen LogP contribution in [0.2, 0.25) is 0 Å². The molecule has 12 heteroatoms. The van der Waals surface area contributed by atoms with Gasteiger partial charge in [0.2, 0.25) is 0 Å². The monoisotopic (exact) mass is 498 g/mol. The number of hydrogen-bond donors (Lipinski definition) is 1.